The number of ether oxygens (including phenoxy) is 2. The van der Waals surface area contributed by atoms with Crippen molar-refractivity contribution in [2.75, 3.05) is 6.26 Å². The van der Waals surface area contributed by atoms with E-state index in [9.17, 15) is 19.5 Å². The molecule has 0 radical (unpaired) electrons. The number of fused-ring (bicyclic) bond motifs is 2. The molecule has 2 aliphatic rings. The first kappa shape index (κ1) is 25.0. The highest BCUT2D eigenvalue weighted by atomic mass is 32.2. The molecule has 0 unspecified atom stereocenters. The van der Waals surface area contributed by atoms with Crippen molar-refractivity contribution in [1.82, 2.24) is 0 Å². The number of aromatic hydroxyl groups is 1. The van der Waals surface area contributed by atoms with Gasteiger partial charge in [0.25, 0.3) is 0 Å². The van der Waals surface area contributed by atoms with Gasteiger partial charge in [-0.2, -0.15) is 0 Å². The number of cyclic esters (lactones) is 1. The molecular formula is C28H30O6S. The summed E-state index contributed by atoms with van der Waals surface area (Å²) in [6.45, 7) is 1.79. The molecule has 2 atom stereocenters. The molecule has 0 saturated heterocycles. The van der Waals surface area contributed by atoms with Crippen LogP contribution in [0.1, 0.15) is 84.8 Å². The third-order valence-corrected chi connectivity index (χ3v) is 7.24. The van der Waals surface area contributed by atoms with Crippen molar-refractivity contribution in [1.29, 1.82) is 0 Å². The van der Waals surface area contributed by atoms with Crippen molar-refractivity contribution in [3.63, 3.8) is 0 Å². The van der Waals surface area contributed by atoms with E-state index < -0.39 is 24.0 Å². The lowest BCUT2D eigenvalue weighted by molar-refractivity contribution is -0.135. The summed E-state index contributed by atoms with van der Waals surface area (Å²) in [6.07, 6.45) is 8.80. The van der Waals surface area contributed by atoms with Gasteiger partial charge < -0.3 is 14.6 Å². The van der Waals surface area contributed by atoms with Crippen LogP contribution in [-0.4, -0.2) is 35.2 Å². The van der Waals surface area contributed by atoms with Gasteiger partial charge in [0.05, 0.1) is 12.5 Å². The molecule has 0 bridgehead atoms. The predicted molar refractivity (Wildman–Crippen MR) is 135 cm³/mol. The van der Waals surface area contributed by atoms with E-state index in [2.05, 4.69) is 0 Å². The van der Waals surface area contributed by atoms with Crippen LogP contribution in [0.3, 0.4) is 0 Å². The van der Waals surface area contributed by atoms with Crippen LogP contribution in [-0.2, 0) is 14.3 Å². The Morgan fingerprint density at radius 1 is 1.06 bits per heavy atom. The van der Waals surface area contributed by atoms with Gasteiger partial charge in [-0.05, 0) is 68.2 Å². The van der Waals surface area contributed by atoms with Crippen LogP contribution in [0.5, 0.6) is 11.5 Å². The molecule has 0 aliphatic carbocycles. The number of phenols is 1. The Balaban J connectivity index is 1.79. The number of ketones is 1. The number of rotatable bonds is 2. The highest BCUT2D eigenvalue weighted by Crippen LogP contribution is 2.47. The highest BCUT2D eigenvalue weighted by molar-refractivity contribution is 7.98. The van der Waals surface area contributed by atoms with E-state index in [1.165, 1.54) is 0 Å². The van der Waals surface area contributed by atoms with E-state index in [0.29, 0.717) is 49.7 Å². The first-order chi connectivity index (χ1) is 16.9. The lowest BCUT2D eigenvalue weighted by Crippen LogP contribution is -2.23. The van der Waals surface area contributed by atoms with Gasteiger partial charge in [0.1, 0.15) is 22.8 Å². The Morgan fingerprint density at radius 3 is 2.54 bits per heavy atom. The standard InChI is InChI=1S/C28H30O6S/c1-17-7-6-10-20(29)9-5-3-4-8-19-15-23-26(27(31)25(19)28(32)33-17)22(16-24(30)34-23)18-11-13-21(35-2)14-12-18/h4,8,11-15,17,22,31H,3,5-7,9-10,16H2,1-2H3/t17-,22-/m0/s1. The fourth-order valence-electron chi connectivity index (χ4n) is 4.64. The zero-order valence-corrected chi connectivity index (χ0v) is 20.9. The van der Waals surface area contributed by atoms with Gasteiger partial charge in [0.15, 0.2) is 0 Å². The second-order valence-electron chi connectivity index (χ2n) is 9.05. The number of esters is 2. The molecule has 184 valence electrons. The van der Waals surface area contributed by atoms with E-state index in [0.717, 1.165) is 10.5 Å². The first-order valence-electron chi connectivity index (χ1n) is 12.0. The maximum Gasteiger partial charge on any atom is 0.342 e. The molecular weight excluding hydrogens is 464 g/mol. The van der Waals surface area contributed by atoms with E-state index in [4.69, 9.17) is 9.47 Å². The summed E-state index contributed by atoms with van der Waals surface area (Å²) in [6, 6.07) is 9.45. The van der Waals surface area contributed by atoms with Crippen molar-refractivity contribution in [3.8, 4) is 11.5 Å². The van der Waals surface area contributed by atoms with Crippen molar-refractivity contribution in [2.45, 2.75) is 68.8 Å². The third kappa shape index (κ3) is 5.78. The van der Waals surface area contributed by atoms with Crippen LogP contribution in [0.15, 0.2) is 41.3 Å². The number of allylic oxidation sites excluding steroid dienone is 1. The van der Waals surface area contributed by atoms with E-state index in [-0.39, 0.29) is 29.3 Å². The number of hydrogen-bond acceptors (Lipinski definition) is 7. The maximum absolute atomic E-state index is 13.3. The Bertz CT molecular complexity index is 1150. The van der Waals surface area contributed by atoms with Crippen LogP contribution in [0.4, 0.5) is 0 Å². The lowest BCUT2D eigenvalue weighted by atomic mass is 9.83. The van der Waals surface area contributed by atoms with Crippen LogP contribution in [0.25, 0.3) is 6.08 Å². The minimum atomic E-state index is -0.630. The Labute approximate surface area is 209 Å². The number of Topliss-reactive ketones (excluding diaryl/α,β-unsaturated/α-hetero) is 1. The average molecular weight is 495 g/mol. The summed E-state index contributed by atoms with van der Waals surface area (Å²) < 4.78 is 11.2. The fraction of sp³-hybridized carbons (Fsp3) is 0.393. The minimum Gasteiger partial charge on any atom is -0.507 e. The van der Waals surface area contributed by atoms with E-state index >= 15 is 0 Å². The number of hydrogen-bond donors (Lipinski definition) is 1. The fourth-order valence-corrected chi connectivity index (χ4v) is 5.05. The topological polar surface area (TPSA) is 89.9 Å². The normalized spacial score (nSPS) is 21.4. The van der Waals surface area contributed by atoms with E-state index in [1.807, 2.05) is 36.6 Å². The number of phenolic OH excluding ortho intramolecular Hbond substituents is 1. The van der Waals surface area contributed by atoms with Crippen molar-refractivity contribution >= 4 is 35.6 Å². The highest BCUT2D eigenvalue weighted by Gasteiger charge is 2.35. The predicted octanol–water partition coefficient (Wildman–Crippen LogP) is 6.04. The molecule has 0 saturated carbocycles. The molecule has 0 aromatic heterocycles. The molecule has 0 fully saturated rings. The summed E-state index contributed by atoms with van der Waals surface area (Å²) in [4.78, 5) is 38.8. The summed E-state index contributed by atoms with van der Waals surface area (Å²) in [5, 5.41) is 11.4. The molecule has 6 nitrogen and oxygen atoms in total. The quantitative estimate of drug-likeness (QED) is 0.309. The molecule has 0 spiro atoms. The van der Waals surface area contributed by atoms with Gasteiger partial charge in [-0.1, -0.05) is 24.3 Å². The van der Waals surface area contributed by atoms with Crippen LogP contribution >= 0.6 is 11.8 Å². The van der Waals surface area contributed by atoms with Gasteiger partial charge in [0.2, 0.25) is 0 Å². The van der Waals surface area contributed by atoms with E-state index in [1.54, 1.807) is 30.8 Å². The zero-order chi connectivity index (χ0) is 24.9. The van der Waals surface area contributed by atoms with Crippen molar-refractivity contribution in [3.05, 3.63) is 58.7 Å². The number of thioether (sulfide) groups is 1. The Kier molecular flexibility index (Phi) is 7.96. The average Bonchev–Trinajstić information content (AvgIpc) is 2.82. The van der Waals surface area contributed by atoms with Gasteiger partial charge in [-0.3, -0.25) is 9.59 Å². The molecule has 2 heterocycles. The van der Waals surface area contributed by atoms with Gasteiger partial charge in [-0.15, -0.1) is 11.8 Å². The Hall–Kier alpha value is -3.06. The van der Waals surface area contributed by atoms with Crippen molar-refractivity contribution in [2.24, 2.45) is 0 Å². The number of benzene rings is 2. The van der Waals surface area contributed by atoms with Crippen molar-refractivity contribution < 1.29 is 29.0 Å². The number of carbonyl (C=O) groups is 3. The maximum atomic E-state index is 13.3. The molecule has 2 aromatic rings. The summed E-state index contributed by atoms with van der Waals surface area (Å²) >= 11 is 1.62. The van der Waals surface area contributed by atoms with Crippen LogP contribution in [0, 0.1) is 0 Å². The van der Waals surface area contributed by atoms with Gasteiger partial charge in [0, 0.05) is 29.2 Å². The SMILES string of the molecule is CSc1ccc([C@@H]2CC(=O)Oc3cc4c(c(O)c32)C(=O)O[C@@H](C)CCCC(=O)CCCC=C4)cc1. The first-order valence-corrected chi connectivity index (χ1v) is 13.2. The van der Waals surface area contributed by atoms with Crippen LogP contribution in [0.2, 0.25) is 0 Å². The summed E-state index contributed by atoms with van der Waals surface area (Å²) in [5.74, 6) is -1.22. The minimum absolute atomic E-state index is 0.0628. The molecule has 7 heteroatoms. The Morgan fingerprint density at radius 2 is 1.80 bits per heavy atom. The monoisotopic (exact) mass is 494 g/mol. The van der Waals surface area contributed by atoms with Gasteiger partial charge in [-0.25, -0.2) is 4.79 Å². The molecule has 1 N–H and O–H groups in total. The molecule has 0 amide bonds. The third-order valence-electron chi connectivity index (χ3n) is 6.50. The number of carbonyl (C=O) groups excluding carboxylic acids is 3. The largest absolute Gasteiger partial charge is 0.507 e. The zero-order valence-electron chi connectivity index (χ0n) is 20.0. The molecule has 35 heavy (non-hydrogen) atoms. The lowest BCUT2D eigenvalue weighted by Gasteiger charge is -2.27. The smallest absolute Gasteiger partial charge is 0.342 e. The molecule has 2 aliphatic heterocycles. The summed E-state index contributed by atoms with van der Waals surface area (Å²) in [5.41, 5.74) is 1.78. The second-order valence-corrected chi connectivity index (χ2v) is 9.93. The second kappa shape index (κ2) is 11.1. The van der Waals surface area contributed by atoms with Crippen LogP contribution < -0.4 is 4.74 Å². The van der Waals surface area contributed by atoms with Gasteiger partial charge >= 0.3 is 11.9 Å². The molecule has 4 rings (SSSR count). The molecule has 2 aromatic carbocycles. The summed E-state index contributed by atoms with van der Waals surface area (Å²) in [7, 11) is 0.